The molecule has 1 saturated carbocycles. The number of thiocarbonyl (C=S) groups is 1. The molecule has 22 heavy (non-hydrogen) atoms. The van der Waals surface area contributed by atoms with Crippen molar-refractivity contribution in [2.24, 2.45) is 0 Å². The highest BCUT2D eigenvalue weighted by atomic mass is 32.1. The van der Waals surface area contributed by atoms with Crippen LogP contribution in [0.1, 0.15) is 64.6 Å². The van der Waals surface area contributed by atoms with E-state index < -0.39 is 0 Å². The maximum Gasteiger partial charge on any atom is 0.283 e. The number of hydrogen-bond donors (Lipinski definition) is 0. The van der Waals surface area contributed by atoms with E-state index in [1.165, 1.54) is 37.7 Å². The van der Waals surface area contributed by atoms with E-state index in [9.17, 15) is 0 Å². The van der Waals surface area contributed by atoms with Gasteiger partial charge < -0.3 is 9.74 Å². The van der Waals surface area contributed by atoms with Gasteiger partial charge in [0.05, 0.1) is 5.54 Å². The predicted molar refractivity (Wildman–Crippen MR) is 93.2 cm³/mol. The summed E-state index contributed by atoms with van der Waals surface area (Å²) >= 11 is 5.61. The van der Waals surface area contributed by atoms with Crippen LogP contribution in [-0.4, -0.2) is 26.7 Å². The molecule has 0 amide bonds. The first-order chi connectivity index (χ1) is 10.5. The summed E-state index contributed by atoms with van der Waals surface area (Å²) in [5.74, 6) is 0. The molecule has 1 unspecified atom stereocenters. The van der Waals surface area contributed by atoms with E-state index in [0.29, 0.717) is 11.2 Å². The molecule has 1 aliphatic heterocycles. The van der Waals surface area contributed by atoms with Gasteiger partial charge in [-0.25, -0.2) is 0 Å². The highest BCUT2D eigenvalue weighted by Crippen LogP contribution is 2.41. The lowest BCUT2D eigenvalue weighted by molar-refractivity contribution is -0.156. The molecule has 1 atom stereocenters. The van der Waals surface area contributed by atoms with Gasteiger partial charge in [-0.05, 0) is 51.4 Å². The second kappa shape index (κ2) is 6.17. The van der Waals surface area contributed by atoms with Crippen LogP contribution in [0.2, 0.25) is 0 Å². The summed E-state index contributed by atoms with van der Waals surface area (Å²) in [5, 5.41) is 2.70. The minimum Gasteiger partial charge on any atom is -0.372 e. The number of nitrogens with zero attached hydrogens (tertiary/aromatic N) is 2. The van der Waals surface area contributed by atoms with Crippen LogP contribution < -0.4 is 0 Å². The molecule has 1 aromatic carbocycles. The summed E-state index contributed by atoms with van der Waals surface area (Å²) < 4.78 is 0. The lowest BCUT2D eigenvalue weighted by Crippen LogP contribution is -2.45. The molecule has 3 nitrogen and oxygen atoms in total. The van der Waals surface area contributed by atoms with Crippen LogP contribution in [0, 0.1) is 0 Å². The third-order valence-corrected chi connectivity index (χ3v) is 4.89. The zero-order chi connectivity index (χ0) is 15.7. The fraction of sp³-hybridized carbons (Fsp3) is 0.611. The van der Waals surface area contributed by atoms with Crippen LogP contribution in [0.25, 0.3) is 0 Å². The van der Waals surface area contributed by atoms with Crippen LogP contribution in [0.15, 0.2) is 30.3 Å². The fourth-order valence-electron chi connectivity index (χ4n) is 3.53. The lowest BCUT2D eigenvalue weighted by atomic mass is 9.93. The van der Waals surface area contributed by atoms with Crippen LogP contribution in [0.3, 0.4) is 0 Å². The Labute approximate surface area is 139 Å². The summed E-state index contributed by atoms with van der Waals surface area (Å²) in [4.78, 5) is 8.39. The number of hydroxylamine groups is 2. The van der Waals surface area contributed by atoms with E-state index in [2.05, 4.69) is 61.1 Å². The minimum absolute atomic E-state index is 0.0804. The molecular weight excluding hydrogens is 292 g/mol. The molecule has 0 bridgehead atoms. The Hall–Kier alpha value is -1.13. The van der Waals surface area contributed by atoms with Gasteiger partial charge in [0.1, 0.15) is 6.17 Å². The SMILES string of the molecule is CC(C)(C)N1OC(=S)N(C2CCCCC2)C1c1ccccc1. The molecule has 1 saturated heterocycles. The fourth-order valence-corrected chi connectivity index (χ4v) is 3.86. The van der Waals surface area contributed by atoms with Crippen molar-refractivity contribution >= 4 is 17.4 Å². The topological polar surface area (TPSA) is 15.7 Å². The molecular formula is C18H26N2OS. The van der Waals surface area contributed by atoms with Gasteiger partial charge in [-0.1, -0.05) is 49.6 Å². The molecule has 120 valence electrons. The van der Waals surface area contributed by atoms with Gasteiger partial charge in [-0.3, -0.25) is 0 Å². The Bertz CT molecular complexity index is 520. The smallest absolute Gasteiger partial charge is 0.283 e. The average molecular weight is 318 g/mol. The van der Waals surface area contributed by atoms with Gasteiger partial charge in [-0.2, -0.15) is 0 Å². The zero-order valence-corrected chi connectivity index (χ0v) is 14.6. The molecule has 3 rings (SSSR count). The van der Waals surface area contributed by atoms with Crippen LogP contribution in [-0.2, 0) is 4.84 Å². The Morgan fingerprint density at radius 2 is 1.68 bits per heavy atom. The molecule has 0 aromatic heterocycles. The second-order valence-corrected chi connectivity index (χ2v) is 7.69. The summed E-state index contributed by atoms with van der Waals surface area (Å²) in [5.41, 5.74) is 1.15. The van der Waals surface area contributed by atoms with Crippen molar-refractivity contribution in [3.05, 3.63) is 35.9 Å². The molecule has 1 heterocycles. The number of rotatable bonds is 2. The van der Waals surface area contributed by atoms with Crippen LogP contribution in [0.4, 0.5) is 0 Å². The Morgan fingerprint density at radius 1 is 1.05 bits per heavy atom. The van der Waals surface area contributed by atoms with Crippen molar-refractivity contribution < 1.29 is 4.84 Å². The van der Waals surface area contributed by atoms with E-state index in [1.54, 1.807) is 0 Å². The van der Waals surface area contributed by atoms with Gasteiger partial charge in [0.25, 0.3) is 5.17 Å². The van der Waals surface area contributed by atoms with Gasteiger partial charge in [0.15, 0.2) is 0 Å². The summed E-state index contributed by atoms with van der Waals surface area (Å²) in [7, 11) is 0. The molecule has 0 radical (unpaired) electrons. The largest absolute Gasteiger partial charge is 0.372 e. The van der Waals surface area contributed by atoms with Crippen LogP contribution >= 0.6 is 12.2 Å². The summed E-state index contributed by atoms with van der Waals surface area (Å²) in [6.45, 7) is 6.53. The van der Waals surface area contributed by atoms with E-state index in [-0.39, 0.29) is 11.7 Å². The maximum atomic E-state index is 6.05. The Balaban J connectivity index is 1.97. The van der Waals surface area contributed by atoms with Crippen molar-refractivity contribution in [1.29, 1.82) is 0 Å². The van der Waals surface area contributed by atoms with Gasteiger partial charge in [-0.15, -0.1) is 5.06 Å². The first-order valence-electron chi connectivity index (χ1n) is 8.33. The maximum absolute atomic E-state index is 6.05. The van der Waals surface area contributed by atoms with Crippen molar-refractivity contribution in [3.63, 3.8) is 0 Å². The number of hydrogen-bond acceptors (Lipinski definition) is 3. The van der Waals surface area contributed by atoms with E-state index in [0.717, 1.165) is 0 Å². The summed E-state index contributed by atoms with van der Waals surface area (Å²) in [6.07, 6.45) is 6.44. The molecule has 0 N–H and O–H groups in total. The van der Waals surface area contributed by atoms with E-state index >= 15 is 0 Å². The second-order valence-electron chi connectivity index (χ2n) is 7.34. The molecule has 2 aliphatic rings. The standard InChI is InChI=1S/C18H26N2OS/c1-18(2,3)20-16(14-10-6-4-7-11-14)19(17(22)21-20)15-12-8-5-9-13-15/h4,6-7,10-11,15-16H,5,8-9,12-13H2,1-3H3. The Morgan fingerprint density at radius 3 is 2.27 bits per heavy atom. The van der Waals surface area contributed by atoms with Gasteiger partial charge >= 0.3 is 0 Å². The molecule has 2 fully saturated rings. The summed E-state index contributed by atoms with van der Waals surface area (Å²) in [6, 6.07) is 11.1. The van der Waals surface area contributed by atoms with E-state index in [1.807, 2.05) is 0 Å². The van der Waals surface area contributed by atoms with Crippen molar-refractivity contribution in [3.8, 4) is 0 Å². The monoisotopic (exact) mass is 318 g/mol. The molecule has 0 spiro atoms. The average Bonchev–Trinajstić information content (AvgIpc) is 2.87. The van der Waals surface area contributed by atoms with Gasteiger partial charge in [0.2, 0.25) is 0 Å². The minimum atomic E-state index is -0.103. The van der Waals surface area contributed by atoms with Gasteiger partial charge in [0, 0.05) is 6.04 Å². The first kappa shape index (κ1) is 15.8. The Kier molecular flexibility index (Phi) is 4.42. The normalized spacial score (nSPS) is 24.6. The van der Waals surface area contributed by atoms with Crippen LogP contribution in [0.5, 0.6) is 0 Å². The van der Waals surface area contributed by atoms with Crippen molar-refractivity contribution in [2.45, 2.75) is 70.6 Å². The molecule has 1 aliphatic carbocycles. The van der Waals surface area contributed by atoms with E-state index in [4.69, 9.17) is 17.1 Å². The first-order valence-corrected chi connectivity index (χ1v) is 8.74. The molecule has 4 heteroatoms. The quantitative estimate of drug-likeness (QED) is 0.737. The third-order valence-electron chi connectivity index (χ3n) is 4.60. The highest BCUT2D eigenvalue weighted by molar-refractivity contribution is 7.80. The third kappa shape index (κ3) is 2.99. The zero-order valence-electron chi connectivity index (χ0n) is 13.8. The van der Waals surface area contributed by atoms with Crippen molar-refractivity contribution in [1.82, 2.24) is 9.96 Å². The van der Waals surface area contributed by atoms with Crippen molar-refractivity contribution in [2.75, 3.05) is 0 Å². The molecule has 1 aromatic rings. The predicted octanol–water partition coefficient (Wildman–Crippen LogP) is 4.65. The lowest BCUT2D eigenvalue weighted by Gasteiger charge is -2.39. The highest BCUT2D eigenvalue weighted by Gasteiger charge is 2.47. The number of benzene rings is 1.